The van der Waals surface area contributed by atoms with Crippen LogP contribution in [0.3, 0.4) is 0 Å². The number of benzene rings is 1. The lowest BCUT2D eigenvalue weighted by atomic mass is 9.91. The van der Waals surface area contributed by atoms with Gasteiger partial charge in [-0.05, 0) is 38.0 Å². The molecule has 1 amide bonds. The van der Waals surface area contributed by atoms with E-state index in [1.54, 1.807) is 19.1 Å². The summed E-state index contributed by atoms with van der Waals surface area (Å²) in [7, 11) is 3.16. The van der Waals surface area contributed by atoms with Crippen LogP contribution in [-0.4, -0.2) is 48.8 Å². The Morgan fingerprint density at radius 3 is 2.75 bits per heavy atom. The first-order valence-electron chi connectivity index (χ1n) is 9.44. The number of hydrogen-bond donors (Lipinski definition) is 2. The number of furan rings is 1. The van der Waals surface area contributed by atoms with Crippen molar-refractivity contribution in [2.24, 2.45) is 0 Å². The van der Waals surface area contributed by atoms with Gasteiger partial charge in [0.2, 0.25) is 0 Å². The highest BCUT2D eigenvalue weighted by atomic mass is 16.5. The Labute approximate surface area is 165 Å². The van der Waals surface area contributed by atoms with E-state index in [4.69, 9.17) is 13.9 Å². The Hall–Kier alpha value is -2.51. The highest BCUT2D eigenvalue weighted by Gasteiger charge is 2.42. The molecule has 3 rings (SSSR count). The van der Waals surface area contributed by atoms with Gasteiger partial charge in [-0.1, -0.05) is 12.1 Å². The number of aliphatic hydroxyl groups is 1. The number of rotatable bonds is 8. The molecule has 0 radical (unpaired) electrons. The number of ether oxygens (including phenoxy) is 2. The van der Waals surface area contributed by atoms with Crippen LogP contribution in [0.4, 0.5) is 0 Å². The summed E-state index contributed by atoms with van der Waals surface area (Å²) in [5.41, 5.74) is -0.579. The number of nitrogens with one attached hydrogen (secondary N) is 1. The molecule has 7 heteroatoms. The quantitative estimate of drug-likeness (QED) is 0.722. The van der Waals surface area contributed by atoms with E-state index in [9.17, 15) is 9.90 Å². The molecule has 1 aromatic carbocycles. The third kappa shape index (κ3) is 4.31. The number of hydrogen-bond acceptors (Lipinski definition) is 6. The monoisotopic (exact) mass is 388 g/mol. The van der Waals surface area contributed by atoms with E-state index in [0.717, 1.165) is 23.5 Å². The molecule has 2 aromatic rings. The van der Waals surface area contributed by atoms with Crippen molar-refractivity contribution in [3.05, 3.63) is 47.4 Å². The lowest BCUT2D eigenvalue weighted by molar-refractivity contribution is -0.157. The van der Waals surface area contributed by atoms with Gasteiger partial charge in [-0.15, -0.1) is 0 Å². The number of carbonyl (C=O) groups excluding carboxylic acids is 1. The van der Waals surface area contributed by atoms with E-state index in [2.05, 4.69) is 5.32 Å². The Bertz CT molecular complexity index is 819. The molecule has 1 aromatic heterocycles. The molecule has 0 aliphatic carbocycles. The maximum atomic E-state index is 13.0. The molecule has 0 saturated carbocycles. The molecule has 28 heavy (non-hydrogen) atoms. The number of aryl methyl sites for hydroxylation is 1. The van der Waals surface area contributed by atoms with Crippen LogP contribution >= 0.6 is 0 Å². The third-order valence-corrected chi connectivity index (χ3v) is 5.06. The van der Waals surface area contributed by atoms with Gasteiger partial charge in [-0.25, -0.2) is 0 Å². The molecule has 0 spiro atoms. The number of para-hydroxylation sites is 1. The third-order valence-electron chi connectivity index (χ3n) is 5.06. The van der Waals surface area contributed by atoms with Gasteiger partial charge in [0.15, 0.2) is 17.1 Å². The normalized spacial score (nSPS) is 19.7. The van der Waals surface area contributed by atoms with Crippen LogP contribution in [-0.2, 0) is 17.9 Å². The summed E-state index contributed by atoms with van der Waals surface area (Å²) in [5, 5.41) is 14.1. The Balaban J connectivity index is 1.66. The van der Waals surface area contributed by atoms with E-state index in [0.29, 0.717) is 37.6 Å². The van der Waals surface area contributed by atoms with Crippen molar-refractivity contribution in [1.29, 1.82) is 0 Å². The van der Waals surface area contributed by atoms with Crippen LogP contribution in [0.5, 0.6) is 11.5 Å². The van der Waals surface area contributed by atoms with Crippen LogP contribution in [0.1, 0.15) is 29.9 Å². The van der Waals surface area contributed by atoms with Crippen LogP contribution in [0.2, 0.25) is 0 Å². The van der Waals surface area contributed by atoms with Gasteiger partial charge in [-0.2, -0.15) is 0 Å². The zero-order chi connectivity index (χ0) is 20.1. The Morgan fingerprint density at radius 1 is 1.25 bits per heavy atom. The maximum absolute atomic E-state index is 13.0. The smallest absolute Gasteiger partial charge is 0.256 e. The Kier molecular flexibility index (Phi) is 6.26. The van der Waals surface area contributed by atoms with Gasteiger partial charge >= 0.3 is 0 Å². The van der Waals surface area contributed by atoms with Crippen molar-refractivity contribution in [1.82, 2.24) is 10.2 Å². The predicted octanol–water partition coefficient (Wildman–Crippen LogP) is 2.25. The number of piperidine rings is 1. The minimum atomic E-state index is -1.42. The first-order chi connectivity index (χ1) is 13.5. The van der Waals surface area contributed by atoms with Gasteiger partial charge in [0.25, 0.3) is 5.91 Å². The van der Waals surface area contributed by atoms with E-state index in [-0.39, 0.29) is 12.5 Å². The number of amides is 1. The van der Waals surface area contributed by atoms with Gasteiger partial charge in [0.05, 0.1) is 20.8 Å². The van der Waals surface area contributed by atoms with Crippen molar-refractivity contribution >= 4 is 5.91 Å². The summed E-state index contributed by atoms with van der Waals surface area (Å²) in [6.45, 7) is 3.48. The molecule has 1 fully saturated rings. The number of carbonyl (C=O) groups is 1. The molecule has 2 heterocycles. The molecule has 1 atom stereocenters. The van der Waals surface area contributed by atoms with Crippen LogP contribution in [0.25, 0.3) is 0 Å². The fraction of sp³-hybridized carbons (Fsp3) is 0.476. The van der Waals surface area contributed by atoms with Crippen LogP contribution in [0, 0.1) is 6.92 Å². The summed E-state index contributed by atoms with van der Waals surface area (Å²) in [6.07, 6.45) is 1.16. The maximum Gasteiger partial charge on any atom is 0.256 e. The van der Waals surface area contributed by atoms with Gasteiger partial charge < -0.3 is 29.2 Å². The SMILES string of the molecule is COc1cccc(CN2CCC[C@@](O)(CNCc3ccc(C)o3)C2=O)c1OC. The fourth-order valence-corrected chi connectivity index (χ4v) is 3.64. The summed E-state index contributed by atoms with van der Waals surface area (Å²) < 4.78 is 16.3. The fourth-order valence-electron chi connectivity index (χ4n) is 3.64. The van der Waals surface area contributed by atoms with E-state index in [1.807, 2.05) is 37.3 Å². The van der Waals surface area contributed by atoms with Gasteiger partial charge in [0.1, 0.15) is 11.5 Å². The molecular weight excluding hydrogens is 360 g/mol. The van der Waals surface area contributed by atoms with E-state index < -0.39 is 5.60 Å². The largest absolute Gasteiger partial charge is 0.493 e. The minimum absolute atomic E-state index is 0.178. The molecule has 2 N–H and O–H groups in total. The molecule has 7 nitrogen and oxygen atoms in total. The van der Waals surface area contributed by atoms with Gasteiger partial charge in [-0.3, -0.25) is 4.79 Å². The van der Waals surface area contributed by atoms with Crippen molar-refractivity contribution in [2.45, 2.75) is 38.5 Å². The minimum Gasteiger partial charge on any atom is -0.493 e. The van der Waals surface area contributed by atoms with Crippen molar-refractivity contribution in [3.63, 3.8) is 0 Å². The van der Waals surface area contributed by atoms with E-state index >= 15 is 0 Å². The van der Waals surface area contributed by atoms with Crippen molar-refractivity contribution < 1.29 is 23.8 Å². The second kappa shape index (κ2) is 8.67. The molecule has 0 bridgehead atoms. The summed E-state index contributed by atoms with van der Waals surface area (Å²) >= 11 is 0. The first-order valence-corrected chi connectivity index (χ1v) is 9.44. The summed E-state index contributed by atoms with van der Waals surface area (Å²) in [6, 6.07) is 9.36. The second-order valence-corrected chi connectivity index (χ2v) is 7.13. The lowest BCUT2D eigenvalue weighted by Crippen LogP contribution is -2.57. The molecule has 0 unspecified atom stereocenters. The van der Waals surface area contributed by atoms with Crippen molar-refractivity contribution in [3.8, 4) is 11.5 Å². The first kappa shape index (κ1) is 20.2. The average Bonchev–Trinajstić information content (AvgIpc) is 3.10. The molecule has 1 aliphatic rings. The van der Waals surface area contributed by atoms with Gasteiger partial charge in [0, 0.05) is 25.2 Å². The molecule has 1 aliphatic heterocycles. The molecular formula is C21H28N2O5. The zero-order valence-corrected chi connectivity index (χ0v) is 16.7. The molecule has 152 valence electrons. The standard InChI is InChI=1S/C21H28N2O5/c1-15-8-9-17(28-15)12-22-14-21(25)10-5-11-23(20(21)24)13-16-6-4-7-18(26-2)19(16)27-3/h4,6-9,22,25H,5,10-14H2,1-3H3/t21-/m1/s1. The number of likely N-dealkylation sites (tertiary alicyclic amines) is 1. The average molecular weight is 388 g/mol. The second-order valence-electron chi connectivity index (χ2n) is 7.13. The highest BCUT2D eigenvalue weighted by molar-refractivity contribution is 5.86. The number of nitrogens with zero attached hydrogens (tertiary/aromatic N) is 1. The Morgan fingerprint density at radius 2 is 2.07 bits per heavy atom. The number of methoxy groups -OCH3 is 2. The highest BCUT2D eigenvalue weighted by Crippen LogP contribution is 2.33. The predicted molar refractivity (Wildman–Crippen MR) is 104 cm³/mol. The van der Waals surface area contributed by atoms with Crippen molar-refractivity contribution in [2.75, 3.05) is 27.3 Å². The summed E-state index contributed by atoms with van der Waals surface area (Å²) in [4.78, 5) is 14.7. The van der Waals surface area contributed by atoms with Crippen LogP contribution in [0.15, 0.2) is 34.7 Å². The zero-order valence-electron chi connectivity index (χ0n) is 16.7. The molecule has 1 saturated heterocycles. The van der Waals surface area contributed by atoms with E-state index in [1.165, 1.54) is 0 Å². The lowest BCUT2D eigenvalue weighted by Gasteiger charge is -2.38. The summed E-state index contributed by atoms with van der Waals surface area (Å²) in [5.74, 6) is 2.57. The topological polar surface area (TPSA) is 84.2 Å². The van der Waals surface area contributed by atoms with Crippen LogP contribution < -0.4 is 14.8 Å².